The highest BCUT2D eigenvalue weighted by Gasteiger charge is 2.27. The highest BCUT2D eigenvalue weighted by Crippen LogP contribution is 2.35. The van der Waals surface area contributed by atoms with E-state index >= 15 is 0 Å². The van der Waals surface area contributed by atoms with Crippen LogP contribution in [0, 0.1) is 0 Å². The van der Waals surface area contributed by atoms with Crippen LogP contribution in [0.5, 0.6) is 0 Å². The molecular weight excluding hydrogens is 250 g/mol. The van der Waals surface area contributed by atoms with Gasteiger partial charge in [0.2, 0.25) is 5.91 Å². The molecule has 0 radical (unpaired) electrons. The molecule has 1 aromatic carbocycles. The molecule has 2 unspecified atom stereocenters. The summed E-state index contributed by atoms with van der Waals surface area (Å²) in [6.45, 7) is 6.16. The standard InChI is InChI=1S/C17H25NO2/c1-12(2)18(11-13(3)19)17(20)10-15-9-8-14-6-4-5-7-16(14)15/h4-7,12-13,15,19H,8-11H2,1-3H3. The van der Waals surface area contributed by atoms with Gasteiger partial charge in [-0.15, -0.1) is 0 Å². The Balaban J connectivity index is 2.04. The van der Waals surface area contributed by atoms with E-state index in [0.717, 1.165) is 12.8 Å². The fourth-order valence-electron chi connectivity index (χ4n) is 3.07. The summed E-state index contributed by atoms with van der Waals surface area (Å²) in [7, 11) is 0. The van der Waals surface area contributed by atoms with Crippen molar-refractivity contribution in [2.24, 2.45) is 0 Å². The molecule has 0 fully saturated rings. The minimum Gasteiger partial charge on any atom is -0.392 e. The molecule has 0 aromatic heterocycles. The lowest BCUT2D eigenvalue weighted by atomic mass is 9.97. The van der Waals surface area contributed by atoms with E-state index in [1.165, 1.54) is 11.1 Å². The smallest absolute Gasteiger partial charge is 0.223 e. The topological polar surface area (TPSA) is 40.5 Å². The first-order valence-electron chi connectivity index (χ1n) is 7.54. The summed E-state index contributed by atoms with van der Waals surface area (Å²) in [5.41, 5.74) is 2.72. The minimum atomic E-state index is -0.475. The van der Waals surface area contributed by atoms with Crippen LogP contribution >= 0.6 is 0 Å². The van der Waals surface area contributed by atoms with E-state index in [4.69, 9.17) is 0 Å². The molecular formula is C17H25NO2. The Labute approximate surface area is 121 Å². The number of carbonyl (C=O) groups excluding carboxylic acids is 1. The maximum absolute atomic E-state index is 12.5. The van der Waals surface area contributed by atoms with Crippen molar-refractivity contribution in [3.8, 4) is 0 Å². The molecule has 0 saturated carbocycles. The summed E-state index contributed by atoms with van der Waals surface area (Å²) in [6.07, 6.45) is 2.22. The van der Waals surface area contributed by atoms with Crippen molar-refractivity contribution in [2.75, 3.05) is 6.54 Å². The average molecular weight is 275 g/mol. The van der Waals surface area contributed by atoms with E-state index in [-0.39, 0.29) is 11.9 Å². The van der Waals surface area contributed by atoms with Gasteiger partial charge in [-0.1, -0.05) is 24.3 Å². The number of hydrogen-bond donors (Lipinski definition) is 1. The zero-order valence-corrected chi connectivity index (χ0v) is 12.7. The van der Waals surface area contributed by atoms with E-state index in [1.54, 1.807) is 11.8 Å². The van der Waals surface area contributed by atoms with Crippen LogP contribution in [0.25, 0.3) is 0 Å². The van der Waals surface area contributed by atoms with Crippen molar-refractivity contribution in [3.05, 3.63) is 35.4 Å². The second-order valence-electron chi connectivity index (χ2n) is 6.13. The van der Waals surface area contributed by atoms with Gasteiger partial charge in [0.05, 0.1) is 6.10 Å². The number of amides is 1. The van der Waals surface area contributed by atoms with Crippen LogP contribution in [-0.4, -0.2) is 34.6 Å². The molecule has 3 heteroatoms. The van der Waals surface area contributed by atoms with Crippen molar-refractivity contribution in [2.45, 2.75) is 58.1 Å². The molecule has 2 rings (SSSR count). The number of fused-ring (bicyclic) bond motifs is 1. The maximum Gasteiger partial charge on any atom is 0.223 e. The normalized spacial score (nSPS) is 18.9. The van der Waals surface area contributed by atoms with Crippen LogP contribution in [0.4, 0.5) is 0 Å². The lowest BCUT2D eigenvalue weighted by molar-refractivity contribution is -0.134. The Morgan fingerprint density at radius 3 is 2.70 bits per heavy atom. The molecule has 0 bridgehead atoms. The number of carbonyl (C=O) groups is 1. The first kappa shape index (κ1) is 15.0. The van der Waals surface area contributed by atoms with Crippen molar-refractivity contribution in [1.29, 1.82) is 0 Å². The average Bonchev–Trinajstić information content (AvgIpc) is 2.79. The fraction of sp³-hybridized carbons (Fsp3) is 0.588. The van der Waals surface area contributed by atoms with Gasteiger partial charge in [-0.05, 0) is 50.7 Å². The first-order chi connectivity index (χ1) is 9.49. The van der Waals surface area contributed by atoms with E-state index in [2.05, 4.69) is 24.3 Å². The Hall–Kier alpha value is -1.35. The number of hydrogen-bond acceptors (Lipinski definition) is 2. The SMILES string of the molecule is CC(O)CN(C(=O)CC1CCc2ccccc21)C(C)C. The third kappa shape index (κ3) is 3.40. The van der Waals surface area contributed by atoms with Crippen molar-refractivity contribution in [3.63, 3.8) is 0 Å². The second kappa shape index (κ2) is 6.40. The lowest BCUT2D eigenvalue weighted by Gasteiger charge is -2.29. The van der Waals surface area contributed by atoms with Gasteiger partial charge < -0.3 is 10.0 Å². The molecule has 3 nitrogen and oxygen atoms in total. The molecule has 1 amide bonds. The monoisotopic (exact) mass is 275 g/mol. The zero-order chi connectivity index (χ0) is 14.7. The molecule has 1 aromatic rings. The van der Waals surface area contributed by atoms with Gasteiger partial charge in [0.1, 0.15) is 0 Å². The molecule has 2 atom stereocenters. The van der Waals surface area contributed by atoms with E-state index in [9.17, 15) is 9.90 Å². The predicted octanol–water partition coefficient (Wildman–Crippen LogP) is 2.72. The Kier molecular flexibility index (Phi) is 4.81. The van der Waals surface area contributed by atoms with Gasteiger partial charge in [-0.25, -0.2) is 0 Å². The van der Waals surface area contributed by atoms with Crippen molar-refractivity contribution in [1.82, 2.24) is 4.90 Å². The molecule has 0 heterocycles. The highest BCUT2D eigenvalue weighted by molar-refractivity contribution is 5.77. The maximum atomic E-state index is 12.5. The molecule has 0 spiro atoms. The summed E-state index contributed by atoms with van der Waals surface area (Å²) < 4.78 is 0. The largest absolute Gasteiger partial charge is 0.392 e. The molecule has 110 valence electrons. The molecule has 0 saturated heterocycles. The van der Waals surface area contributed by atoms with Gasteiger partial charge in [0, 0.05) is 19.0 Å². The molecule has 1 aliphatic carbocycles. The van der Waals surface area contributed by atoms with Gasteiger partial charge in [-0.3, -0.25) is 4.79 Å². The number of benzene rings is 1. The van der Waals surface area contributed by atoms with E-state index in [1.807, 2.05) is 13.8 Å². The summed E-state index contributed by atoms with van der Waals surface area (Å²) >= 11 is 0. The van der Waals surface area contributed by atoms with Crippen LogP contribution in [0.1, 0.15) is 50.7 Å². The molecule has 1 N–H and O–H groups in total. The highest BCUT2D eigenvalue weighted by atomic mass is 16.3. The lowest BCUT2D eigenvalue weighted by Crippen LogP contribution is -2.41. The van der Waals surface area contributed by atoms with Crippen LogP contribution < -0.4 is 0 Å². The van der Waals surface area contributed by atoms with Crippen LogP contribution in [0.2, 0.25) is 0 Å². The summed E-state index contributed by atoms with van der Waals surface area (Å²) in [5, 5.41) is 9.55. The summed E-state index contributed by atoms with van der Waals surface area (Å²) in [5.74, 6) is 0.497. The van der Waals surface area contributed by atoms with E-state index < -0.39 is 6.10 Å². The van der Waals surface area contributed by atoms with Gasteiger partial charge >= 0.3 is 0 Å². The van der Waals surface area contributed by atoms with Crippen LogP contribution in [0.15, 0.2) is 24.3 Å². The Bertz CT molecular complexity index is 468. The fourth-order valence-corrected chi connectivity index (χ4v) is 3.07. The van der Waals surface area contributed by atoms with Gasteiger partial charge in [0.25, 0.3) is 0 Å². The number of aryl methyl sites for hydroxylation is 1. The number of aliphatic hydroxyl groups excluding tert-OH is 1. The van der Waals surface area contributed by atoms with Crippen molar-refractivity contribution < 1.29 is 9.90 Å². The minimum absolute atomic E-state index is 0.133. The quantitative estimate of drug-likeness (QED) is 0.897. The van der Waals surface area contributed by atoms with Crippen LogP contribution in [-0.2, 0) is 11.2 Å². The number of nitrogens with zero attached hydrogens (tertiary/aromatic N) is 1. The second-order valence-corrected chi connectivity index (χ2v) is 6.13. The third-order valence-electron chi connectivity index (χ3n) is 4.08. The van der Waals surface area contributed by atoms with E-state index in [0.29, 0.717) is 18.9 Å². The first-order valence-corrected chi connectivity index (χ1v) is 7.54. The number of aliphatic hydroxyl groups is 1. The predicted molar refractivity (Wildman–Crippen MR) is 80.7 cm³/mol. The summed E-state index contributed by atoms with van der Waals surface area (Å²) in [4.78, 5) is 14.3. The third-order valence-corrected chi connectivity index (χ3v) is 4.08. The Morgan fingerprint density at radius 2 is 2.05 bits per heavy atom. The molecule has 1 aliphatic rings. The summed E-state index contributed by atoms with van der Waals surface area (Å²) in [6, 6.07) is 8.56. The van der Waals surface area contributed by atoms with Gasteiger partial charge in [-0.2, -0.15) is 0 Å². The molecule has 20 heavy (non-hydrogen) atoms. The van der Waals surface area contributed by atoms with Crippen LogP contribution in [0.3, 0.4) is 0 Å². The molecule has 0 aliphatic heterocycles. The van der Waals surface area contributed by atoms with Crippen molar-refractivity contribution >= 4 is 5.91 Å². The zero-order valence-electron chi connectivity index (χ0n) is 12.7. The number of rotatable bonds is 5. The van der Waals surface area contributed by atoms with Gasteiger partial charge in [0.15, 0.2) is 0 Å². The Morgan fingerprint density at radius 1 is 1.35 bits per heavy atom.